The van der Waals surface area contributed by atoms with E-state index >= 15 is 0 Å². The van der Waals surface area contributed by atoms with Crippen molar-refractivity contribution in [2.45, 2.75) is 70.8 Å². The Balaban J connectivity index is 1.85. The number of piperazine rings is 1. The van der Waals surface area contributed by atoms with Crippen LogP contribution in [0.1, 0.15) is 75.1 Å². The molecular weight excluding hydrogens is 516 g/mol. The second-order valence-corrected chi connectivity index (χ2v) is 9.55. The van der Waals surface area contributed by atoms with Crippen molar-refractivity contribution >= 4 is 33.7 Å². The molecule has 0 aromatic heterocycles. The van der Waals surface area contributed by atoms with Crippen LogP contribution in [0.15, 0.2) is 22.7 Å². The number of nitrogens with zero attached hydrogens (tertiary/aromatic N) is 1. The van der Waals surface area contributed by atoms with Crippen molar-refractivity contribution in [3.05, 3.63) is 28.2 Å². The Morgan fingerprint density at radius 1 is 1.06 bits per heavy atom. The molecule has 1 N–H and O–H groups in total. The number of hydrogen-bond acceptors (Lipinski definition) is 6. The molecule has 1 atom stereocenters. The van der Waals surface area contributed by atoms with Crippen molar-refractivity contribution < 1.29 is 28.6 Å². The summed E-state index contributed by atoms with van der Waals surface area (Å²) in [5, 5.41) is 2.75. The summed E-state index contributed by atoms with van der Waals surface area (Å²) in [5.41, 5.74) is 0.406. The highest BCUT2D eigenvalue weighted by atomic mass is 79.9. The lowest BCUT2D eigenvalue weighted by atomic mass is 10.1. The summed E-state index contributed by atoms with van der Waals surface area (Å²) in [7, 11) is 1.59. The second kappa shape index (κ2) is 16.5. The first-order valence-corrected chi connectivity index (χ1v) is 13.4. The van der Waals surface area contributed by atoms with Crippen molar-refractivity contribution in [3.63, 3.8) is 0 Å². The van der Waals surface area contributed by atoms with E-state index in [0.29, 0.717) is 48.7 Å². The summed E-state index contributed by atoms with van der Waals surface area (Å²) < 4.78 is 16.6. The molecule has 0 aliphatic carbocycles. The van der Waals surface area contributed by atoms with Gasteiger partial charge < -0.3 is 24.4 Å². The van der Waals surface area contributed by atoms with Crippen molar-refractivity contribution in [1.29, 1.82) is 0 Å². The van der Waals surface area contributed by atoms with Crippen LogP contribution in [-0.2, 0) is 19.1 Å². The third-order valence-electron chi connectivity index (χ3n) is 5.94. The van der Waals surface area contributed by atoms with Gasteiger partial charge in [-0.25, -0.2) is 0 Å². The van der Waals surface area contributed by atoms with Crippen LogP contribution in [0, 0.1) is 0 Å². The van der Waals surface area contributed by atoms with Crippen LogP contribution >= 0.6 is 15.9 Å². The molecule has 1 fully saturated rings. The van der Waals surface area contributed by atoms with Gasteiger partial charge in [0.05, 0.1) is 24.1 Å². The molecule has 0 spiro atoms. The molecule has 35 heavy (non-hydrogen) atoms. The number of amides is 2. The second-order valence-electron chi connectivity index (χ2n) is 8.69. The number of rotatable bonds is 16. The SMILES string of the molecule is CCCCCCCCCCOC(=O)CC1C(=O)NCCN1C(=O)c1ccc(OCCOC)c(Br)c1. The van der Waals surface area contributed by atoms with Gasteiger partial charge in [-0.2, -0.15) is 0 Å². The fraction of sp³-hybridized carbons (Fsp3) is 0.654. The highest BCUT2D eigenvalue weighted by Gasteiger charge is 2.35. The Kier molecular flexibility index (Phi) is 13.7. The highest BCUT2D eigenvalue weighted by Crippen LogP contribution is 2.27. The van der Waals surface area contributed by atoms with Gasteiger partial charge in [0, 0.05) is 25.8 Å². The minimum atomic E-state index is -0.890. The average molecular weight is 556 g/mol. The number of benzene rings is 1. The first-order valence-electron chi connectivity index (χ1n) is 12.6. The van der Waals surface area contributed by atoms with Gasteiger partial charge in [-0.1, -0.05) is 51.9 Å². The standard InChI is InChI=1S/C26H39BrN2O6/c1-3-4-5-6-7-8-9-10-15-35-24(30)19-22-25(31)28-13-14-29(22)26(32)20-11-12-23(21(27)18-20)34-17-16-33-2/h11-12,18,22H,3-10,13-17,19H2,1-2H3,(H,28,31). The monoisotopic (exact) mass is 554 g/mol. The fourth-order valence-corrected chi connectivity index (χ4v) is 4.44. The summed E-state index contributed by atoms with van der Waals surface area (Å²) in [6.45, 7) is 4.05. The van der Waals surface area contributed by atoms with Crippen LogP contribution in [-0.4, -0.2) is 68.7 Å². The van der Waals surface area contributed by atoms with E-state index in [9.17, 15) is 14.4 Å². The lowest BCUT2D eigenvalue weighted by Gasteiger charge is -2.34. The Bertz CT molecular complexity index is 819. The number of methoxy groups -OCH3 is 1. The van der Waals surface area contributed by atoms with E-state index < -0.39 is 12.0 Å². The summed E-state index contributed by atoms with van der Waals surface area (Å²) in [6, 6.07) is 4.12. The number of halogens is 1. The fourth-order valence-electron chi connectivity index (χ4n) is 3.95. The molecule has 2 rings (SSSR count). The molecule has 9 heteroatoms. The highest BCUT2D eigenvalue weighted by molar-refractivity contribution is 9.10. The van der Waals surface area contributed by atoms with Gasteiger partial charge in [0.1, 0.15) is 18.4 Å². The quantitative estimate of drug-likeness (QED) is 0.239. The average Bonchev–Trinajstić information content (AvgIpc) is 2.85. The van der Waals surface area contributed by atoms with E-state index in [0.717, 1.165) is 19.3 Å². The molecule has 1 saturated heterocycles. The Labute approximate surface area is 217 Å². The Hall–Kier alpha value is -2.13. The maximum Gasteiger partial charge on any atom is 0.308 e. The molecule has 1 aliphatic rings. The van der Waals surface area contributed by atoms with Crippen LogP contribution in [0.5, 0.6) is 5.75 Å². The molecule has 2 amide bonds. The number of hydrogen-bond donors (Lipinski definition) is 1. The largest absolute Gasteiger partial charge is 0.490 e. The predicted octanol–water partition coefficient (Wildman–Crippen LogP) is 4.49. The minimum absolute atomic E-state index is 0.159. The number of carbonyl (C=O) groups is 3. The van der Waals surface area contributed by atoms with E-state index in [2.05, 4.69) is 28.2 Å². The predicted molar refractivity (Wildman–Crippen MR) is 138 cm³/mol. The van der Waals surface area contributed by atoms with Gasteiger partial charge in [-0.05, 0) is 40.5 Å². The number of esters is 1. The van der Waals surface area contributed by atoms with Crippen LogP contribution in [0.3, 0.4) is 0 Å². The van der Waals surface area contributed by atoms with Gasteiger partial charge in [0.2, 0.25) is 5.91 Å². The van der Waals surface area contributed by atoms with Gasteiger partial charge in [0.25, 0.3) is 5.91 Å². The van der Waals surface area contributed by atoms with Crippen LogP contribution < -0.4 is 10.1 Å². The third-order valence-corrected chi connectivity index (χ3v) is 6.56. The summed E-state index contributed by atoms with van der Waals surface area (Å²) in [5.74, 6) is -0.524. The van der Waals surface area contributed by atoms with E-state index in [4.69, 9.17) is 14.2 Å². The zero-order valence-electron chi connectivity index (χ0n) is 21.0. The molecule has 8 nitrogen and oxygen atoms in total. The van der Waals surface area contributed by atoms with Crippen LogP contribution in [0.2, 0.25) is 0 Å². The van der Waals surface area contributed by atoms with Crippen molar-refractivity contribution in [3.8, 4) is 5.75 Å². The molecule has 0 radical (unpaired) electrons. The molecule has 0 saturated carbocycles. The van der Waals surface area contributed by atoms with Gasteiger partial charge in [-0.15, -0.1) is 0 Å². The maximum atomic E-state index is 13.2. The first kappa shape index (κ1) is 29.1. The van der Waals surface area contributed by atoms with Gasteiger partial charge >= 0.3 is 5.97 Å². The Morgan fingerprint density at radius 3 is 2.46 bits per heavy atom. The Morgan fingerprint density at radius 2 is 1.77 bits per heavy atom. The number of unbranched alkanes of at least 4 members (excludes halogenated alkanes) is 7. The number of ether oxygens (including phenoxy) is 3. The van der Waals surface area contributed by atoms with Crippen molar-refractivity contribution in [2.24, 2.45) is 0 Å². The zero-order valence-corrected chi connectivity index (χ0v) is 22.6. The smallest absolute Gasteiger partial charge is 0.308 e. The minimum Gasteiger partial charge on any atom is -0.490 e. The zero-order chi connectivity index (χ0) is 25.5. The molecule has 1 aromatic rings. The molecule has 0 bridgehead atoms. The lowest BCUT2D eigenvalue weighted by Crippen LogP contribution is -2.57. The van der Waals surface area contributed by atoms with Crippen molar-refractivity contribution in [1.82, 2.24) is 10.2 Å². The number of carbonyl (C=O) groups excluding carboxylic acids is 3. The van der Waals surface area contributed by atoms with E-state index in [1.54, 1.807) is 25.3 Å². The topological polar surface area (TPSA) is 94.2 Å². The normalized spacial score (nSPS) is 15.6. The molecule has 1 aliphatic heterocycles. The maximum absolute atomic E-state index is 13.2. The van der Waals surface area contributed by atoms with Crippen LogP contribution in [0.4, 0.5) is 0 Å². The van der Waals surface area contributed by atoms with Gasteiger partial charge in [-0.3, -0.25) is 14.4 Å². The van der Waals surface area contributed by atoms with E-state index in [-0.39, 0.29) is 18.2 Å². The summed E-state index contributed by atoms with van der Waals surface area (Å²) in [6.07, 6.45) is 9.10. The lowest BCUT2D eigenvalue weighted by molar-refractivity contribution is -0.147. The molecule has 196 valence electrons. The summed E-state index contributed by atoms with van der Waals surface area (Å²) >= 11 is 3.43. The third kappa shape index (κ3) is 10.2. The molecular formula is C26H39BrN2O6. The van der Waals surface area contributed by atoms with E-state index in [1.165, 1.54) is 37.0 Å². The molecule has 1 aromatic carbocycles. The molecule has 1 unspecified atom stereocenters. The van der Waals surface area contributed by atoms with Crippen LogP contribution in [0.25, 0.3) is 0 Å². The van der Waals surface area contributed by atoms with Gasteiger partial charge in [0.15, 0.2) is 0 Å². The summed E-state index contributed by atoms with van der Waals surface area (Å²) in [4.78, 5) is 39.6. The van der Waals surface area contributed by atoms with Crippen molar-refractivity contribution in [2.75, 3.05) is 40.0 Å². The number of nitrogens with one attached hydrogen (secondary N) is 1. The molecule has 1 heterocycles. The first-order chi connectivity index (χ1) is 17.0. The van der Waals surface area contributed by atoms with E-state index in [1.807, 2.05) is 0 Å².